The van der Waals surface area contributed by atoms with Crippen molar-refractivity contribution in [2.75, 3.05) is 0 Å². The smallest absolute Gasteiger partial charge is 0.229 e. The summed E-state index contributed by atoms with van der Waals surface area (Å²) >= 11 is 9.28. The van der Waals surface area contributed by atoms with E-state index >= 15 is 0 Å². The molecule has 0 aromatic heterocycles. The van der Waals surface area contributed by atoms with Crippen molar-refractivity contribution in [3.05, 3.63) is 11.7 Å². The number of hydrogen-bond acceptors (Lipinski definition) is 0. The molecule has 2 unspecified atom stereocenters. The lowest BCUT2D eigenvalue weighted by molar-refractivity contribution is -0.185. The number of rotatable bonds is 0. The fraction of sp³-hybridized carbons (Fsp3) is 0.667. The van der Waals surface area contributed by atoms with Crippen LogP contribution in [0.15, 0.2) is 11.7 Å². The first-order valence-electron chi connectivity index (χ1n) is 3.26. The molecule has 80 valence electrons. The zero-order valence-electron chi connectivity index (χ0n) is 6.02. The minimum atomic E-state index is -3.51. The van der Waals surface area contributed by atoms with E-state index in [1.165, 1.54) is 0 Å². The van der Waals surface area contributed by atoms with Gasteiger partial charge < -0.3 is 0 Å². The summed E-state index contributed by atoms with van der Waals surface area (Å²) in [5.74, 6) is -3.84. The van der Waals surface area contributed by atoms with Gasteiger partial charge in [-0.15, -0.1) is 11.6 Å². The van der Waals surface area contributed by atoms with Crippen LogP contribution in [0.25, 0.3) is 0 Å². The summed E-state index contributed by atoms with van der Waals surface area (Å²) in [6.07, 6.45) is 0. The van der Waals surface area contributed by atoms with Gasteiger partial charge in [0, 0.05) is 0 Å². The van der Waals surface area contributed by atoms with E-state index in [2.05, 4.69) is 15.9 Å². The predicted molar refractivity (Wildman–Crippen MR) is 47.2 cm³/mol. The van der Waals surface area contributed by atoms with Crippen LogP contribution < -0.4 is 0 Å². The summed E-state index contributed by atoms with van der Waals surface area (Å²) in [4.78, 5) is -2.97. The third kappa shape index (κ3) is 0.618. The number of hydrogen-bond donors (Lipinski definition) is 0. The maximum atomic E-state index is 13.5. The SMILES string of the molecule is FC1=C(F)C2(F)C1(Cl)[C@](F)(Br)[C@]2(F)Br. The Kier molecular flexibility index (Phi) is 1.85. The van der Waals surface area contributed by atoms with Gasteiger partial charge in [-0.3, -0.25) is 0 Å². The lowest BCUT2D eigenvalue weighted by Gasteiger charge is -2.66. The molecule has 14 heavy (non-hydrogen) atoms. The van der Waals surface area contributed by atoms with Crippen molar-refractivity contribution in [3.63, 3.8) is 0 Å². The maximum Gasteiger partial charge on any atom is 0.253 e. The van der Waals surface area contributed by atoms with Gasteiger partial charge in [-0.1, -0.05) is 0 Å². The van der Waals surface area contributed by atoms with Crippen molar-refractivity contribution >= 4 is 43.5 Å². The lowest BCUT2D eigenvalue weighted by atomic mass is 9.57. The van der Waals surface area contributed by atoms with Gasteiger partial charge >= 0.3 is 0 Å². The normalized spacial score (nSPS) is 61.7. The zero-order chi connectivity index (χ0) is 11.2. The Bertz CT molecular complexity index is 333. The molecule has 0 nitrogen and oxygen atoms in total. The predicted octanol–water partition coefficient (Wildman–Crippen LogP) is 3.97. The number of fused-ring (bicyclic) bond motifs is 1. The molecule has 8 heteroatoms. The van der Waals surface area contributed by atoms with Gasteiger partial charge in [0.1, 0.15) is 0 Å². The standard InChI is InChI=1S/C6Br2ClF5/c7-5(13)3(9)1(10)2(11)4(3,12)6(5,8)14/t3?,4?,5-,6+/m1/s1. The van der Waals surface area contributed by atoms with Crippen LogP contribution in [0.1, 0.15) is 0 Å². The summed E-state index contributed by atoms with van der Waals surface area (Å²) in [6, 6.07) is 0. The van der Waals surface area contributed by atoms with Crippen molar-refractivity contribution in [2.45, 2.75) is 19.7 Å². The van der Waals surface area contributed by atoms with Gasteiger partial charge in [0.2, 0.25) is 10.2 Å². The van der Waals surface area contributed by atoms with Crippen LogP contribution in [0.3, 0.4) is 0 Å². The molecule has 0 N–H and O–H groups in total. The molecule has 2 aliphatic carbocycles. The van der Waals surface area contributed by atoms with Crippen molar-refractivity contribution in [3.8, 4) is 0 Å². The molecule has 0 heterocycles. The van der Waals surface area contributed by atoms with Crippen molar-refractivity contribution in [2.24, 2.45) is 0 Å². The Hall–Kier alpha value is 0.640. The largest absolute Gasteiger partial charge is 0.253 e. The van der Waals surface area contributed by atoms with Gasteiger partial charge in [-0.25, -0.2) is 22.0 Å². The van der Waals surface area contributed by atoms with E-state index in [1.54, 1.807) is 0 Å². The number of alkyl halides is 6. The highest BCUT2D eigenvalue weighted by Gasteiger charge is 3.00. The van der Waals surface area contributed by atoms with E-state index in [9.17, 15) is 22.0 Å². The van der Waals surface area contributed by atoms with Crippen molar-refractivity contribution in [1.29, 1.82) is 0 Å². The van der Waals surface area contributed by atoms with Gasteiger partial charge in [0.05, 0.1) is 0 Å². The Morgan fingerprint density at radius 1 is 0.929 bits per heavy atom. The van der Waals surface area contributed by atoms with Crippen LogP contribution in [-0.2, 0) is 0 Å². The molecular formula is C6Br2ClF5. The van der Waals surface area contributed by atoms with Crippen LogP contribution in [0, 0.1) is 0 Å². The molecule has 0 aliphatic heterocycles. The van der Waals surface area contributed by atoms with E-state index in [1.807, 2.05) is 15.9 Å². The van der Waals surface area contributed by atoms with E-state index < -0.39 is 31.4 Å². The molecule has 1 fully saturated rings. The van der Waals surface area contributed by atoms with Crippen LogP contribution in [-0.4, -0.2) is 19.7 Å². The first kappa shape index (κ1) is 11.1. The fourth-order valence-electron chi connectivity index (χ4n) is 1.62. The quantitative estimate of drug-likeness (QED) is 0.452. The highest BCUT2D eigenvalue weighted by Crippen LogP contribution is 2.82. The van der Waals surface area contributed by atoms with Gasteiger partial charge in [-0.05, 0) is 31.9 Å². The van der Waals surface area contributed by atoms with Crippen molar-refractivity contribution < 1.29 is 22.0 Å². The Balaban J connectivity index is 2.65. The van der Waals surface area contributed by atoms with Crippen LogP contribution >= 0.6 is 43.5 Å². The van der Waals surface area contributed by atoms with E-state index in [-0.39, 0.29) is 0 Å². The molecule has 0 spiro atoms. The molecule has 0 aromatic carbocycles. The average Bonchev–Trinajstić information content (AvgIpc) is 2.11. The summed E-state index contributed by atoms with van der Waals surface area (Å²) < 4.78 is 59.0. The monoisotopic (exact) mass is 360 g/mol. The fourth-order valence-corrected chi connectivity index (χ4v) is 3.76. The molecule has 0 bridgehead atoms. The highest BCUT2D eigenvalue weighted by atomic mass is 79.9. The van der Waals surface area contributed by atoms with Gasteiger partial charge in [-0.2, -0.15) is 0 Å². The second-order valence-corrected chi connectivity index (χ2v) is 5.85. The van der Waals surface area contributed by atoms with Crippen LogP contribution in [0.4, 0.5) is 22.0 Å². The summed E-state index contributed by atoms with van der Waals surface area (Å²) in [5.41, 5.74) is -3.51. The Morgan fingerprint density at radius 3 is 1.71 bits per heavy atom. The van der Waals surface area contributed by atoms with Crippen LogP contribution in [0.2, 0.25) is 0 Å². The van der Waals surface area contributed by atoms with E-state index in [0.29, 0.717) is 0 Å². The topological polar surface area (TPSA) is 0 Å². The molecule has 1 saturated carbocycles. The molecule has 0 aromatic rings. The zero-order valence-corrected chi connectivity index (χ0v) is 9.95. The number of halogens is 8. The number of allylic oxidation sites excluding steroid dienone is 2. The molecular weight excluding hydrogens is 362 g/mol. The summed E-state index contributed by atoms with van der Waals surface area (Å²) in [6.45, 7) is 0. The Labute approximate surface area is 96.7 Å². The summed E-state index contributed by atoms with van der Waals surface area (Å²) in [7, 11) is 0. The minimum Gasteiger partial charge on any atom is -0.229 e. The molecule has 0 saturated heterocycles. The van der Waals surface area contributed by atoms with Crippen molar-refractivity contribution in [1.82, 2.24) is 0 Å². The molecule has 2 aliphatic rings. The third-order valence-electron chi connectivity index (χ3n) is 2.53. The van der Waals surface area contributed by atoms with Crippen LogP contribution in [0.5, 0.6) is 0 Å². The highest BCUT2D eigenvalue weighted by molar-refractivity contribution is 9.13. The third-order valence-corrected chi connectivity index (χ3v) is 6.21. The first-order chi connectivity index (χ1) is 6.07. The van der Waals surface area contributed by atoms with Gasteiger partial charge in [0.15, 0.2) is 16.5 Å². The molecule has 0 radical (unpaired) electrons. The average molecular weight is 362 g/mol. The van der Waals surface area contributed by atoms with Gasteiger partial charge in [0.25, 0.3) is 4.58 Å². The van der Waals surface area contributed by atoms with E-state index in [4.69, 9.17) is 11.6 Å². The second kappa shape index (κ2) is 2.32. The second-order valence-electron chi connectivity index (χ2n) is 3.09. The van der Waals surface area contributed by atoms with E-state index in [0.717, 1.165) is 0 Å². The maximum absolute atomic E-state index is 13.5. The molecule has 0 amide bonds. The molecule has 2 rings (SSSR count). The lowest BCUT2D eigenvalue weighted by Crippen LogP contribution is -2.89. The first-order valence-corrected chi connectivity index (χ1v) is 5.23. The Morgan fingerprint density at radius 2 is 1.36 bits per heavy atom. The molecule has 4 atom stereocenters. The summed E-state index contributed by atoms with van der Waals surface area (Å²) in [5, 5.41) is 0. The minimum absolute atomic E-state index is 1.83.